The molecule has 0 atom stereocenters. The minimum atomic E-state index is -0.221. The van der Waals surface area contributed by atoms with E-state index in [1.165, 1.54) is 19.1 Å². The highest BCUT2D eigenvalue weighted by Gasteiger charge is 2.18. The average Bonchev–Trinajstić information content (AvgIpc) is 3.25. The second-order valence-electron chi connectivity index (χ2n) is 6.31. The number of carbonyl (C=O) groups is 1. The third-order valence-electron chi connectivity index (χ3n) is 4.46. The molecule has 0 aliphatic rings. The average molecular weight is 413 g/mol. The molecule has 0 unspecified atom stereocenters. The van der Waals surface area contributed by atoms with Crippen LogP contribution in [0.5, 0.6) is 23.0 Å². The summed E-state index contributed by atoms with van der Waals surface area (Å²) in [6.07, 6.45) is 0. The highest BCUT2D eigenvalue weighted by molar-refractivity contribution is 5.94. The molecule has 0 bridgehead atoms. The van der Waals surface area contributed by atoms with Crippen molar-refractivity contribution in [2.45, 2.75) is 6.54 Å². The predicted octanol–water partition coefficient (Wildman–Crippen LogP) is 3.04. The van der Waals surface area contributed by atoms with Gasteiger partial charge in [-0.2, -0.15) is 4.98 Å². The van der Waals surface area contributed by atoms with Crippen molar-refractivity contribution in [3.8, 4) is 34.4 Å². The standard InChI is InChI=1S/C21H23N3O6/c1-24(21(25)14-7-9-16(27-3)18(11-14)29-5)12-19-22-20(23-30-19)13-6-8-15(26-2)17(10-13)28-4/h6-11H,12H2,1-5H3. The van der Waals surface area contributed by atoms with Gasteiger partial charge in [-0.1, -0.05) is 5.16 Å². The molecule has 1 amide bonds. The summed E-state index contributed by atoms with van der Waals surface area (Å²) >= 11 is 0. The molecule has 1 aromatic heterocycles. The van der Waals surface area contributed by atoms with Gasteiger partial charge in [0.05, 0.1) is 35.0 Å². The van der Waals surface area contributed by atoms with E-state index in [0.29, 0.717) is 45.8 Å². The van der Waals surface area contributed by atoms with E-state index < -0.39 is 0 Å². The molecule has 0 spiro atoms. The second-order valence-corrected chi connectivity index (χ2v) is 6.31. The van der Waals surface area contributed by atoms with Crippen molar-refractivity contribution in [2.75, 3.05) is 35.5 Å². The lowest BCUT2D eigenvalue weighted by molar-refractivity contribution is 0.0769. The first kappa shape index (κ1) is 21.0. The van der Waals surface area contributed by atoms with Crippen LogP contribution < -0.4 is 18.9 Å². The molecule has 0 saturated carbocycles. The molecule has 1 heterocycles. The summed E-state index contributed by atoms with van der Waals surface area (Å²) in [7, 11) is 7.83. The molecular weight excluding hydrogens is 390 g/mol. The lowest BCUT2D eigenvalue weighted by atomic mass is 10.1. The molecule has 0 aliphatic heterocycles. The second kappa shape index (κ2) is 9.17. The van der Waals surface area contributed by atoms with E-state index in [0.717, 1.165) is 0 Å². The van der Waals surface area contributed by atoms with E-state index in [1.54, 1.807) is 57.7 Å². The molecular formula is C21H23N3O6. The number of amides is 1. The summed E-state index contributed by atoms with van der Waals surface area (Å²) in [5, 5.41) is 4.00. The Labute approximate surface area is 174 Å². The van der Waals surface area contributed by atoms with E-state index in [9.17, 15) is 4.79 Å². The van der Waals surface area contributed by atoms with Crippen molar-refractivity contribution in [2.24, 2.45) is 0 Å². The van der Waals surface area contributed by atoms with E-state index in [2.05, 4.69) is 10.1 Å². The smallest absolute Gasteiger partial charge is 0.254 e. The van der Waals surface area contributed by atoms with Gasteiger partial charge < -0.3 is 28.4 Å². The van der Waals surface area contributed by atoms with Crippen molar-refractivity contribution in [1.29, 1.82) is 0 Å². The maximum absolute atomic E-state index is 12.8. The van der Waals surface area contributed by atoms with E-state index in [1.807, 2.05) is 0 Å². The molecule has 0 saturated heterocycles. The lowest BCUT2D eigenvalue weighted by Crippen LogP contribution is -2.26. The van der Waals surface area contributed by atoms with Crippen molar-refractivity contribution in [3.63, 3.8) is 0 Å². The van der Waals surface area contributed by atoms with Crippen LogP contribution in [0.25, 0.3) is 11.4 Å². The van der Waals surface area contributed by atoms with Gasteiger partial charge in [-0.05, 0) is 36.4 Å². The van der Waals surface area contributed by atoms with Gasteiger partial charge in [0, 0.05) is 18.2 Å². The van der Waals surface area contributed by atoms with Gasteiger partial charge >= 0.3 is 0 Å². The van der Waals surface area contributed by atoms with Gasteiger partial charge in [0.1, 0.15) is 0 Å². The minimum Gasteiger partial charge on any atom is -0.493 e. The Bertz CT molecular complexity index is 1030. The number of ether oxygens (including phenoxy) is 4. The van der Waals surface area contributed by atoms with Crippen molar-refractivity contribution >= 4 is 5.91 Å². The number of hydrogen-bond donors (Lipinski definition) is 0. The normalized spacial score (nSPS) is 10.4. The number of aromatic nitrogens is 2. The lowest BCUT2D eigenvalue weighted by Gasteiger charge is -2.16. The molecule has 3 rings (SSSR count). The Morgan fingerprint density at radius 3 is 2.13 bits per heavy atom. The zero-order valence-electron chi connectivity index (χ0n) is 17.5. The molecule has 2 aromatic carbocycles. The topological polar surface area (TPSA) is 96.2 Å². The summed E-state index contributed by atoms with van der Waals surface area (Å²) < 4.78 is 26.3. The molecule has 158 valence electrons. The van der Waals surface area contributed by atoms with Gasteiger partial charge in [-0.3, -0.25) is 4.79 Å². The maximum atomic E-state index is 12.8. The van der Waals surface area contributed by atoms with Crippen LogP contribution in [0.2, 0.25) is 0 Å². The zero-order valence-corrected chi connectivity index (χ0v) is 17.5. The van der Waals surface area contributed by atoms with Gasteiger partial charge in [0.2, 0.25) is 11.7 Å². The van der Waals surface area contributed by atoms with Crippen molar-refractivity contribution < 1.29 is 28.3 Å². The molecule has 0 aliphatic carbocycles. The minimum absolute atomic E-state index is 0.146. The van der Waals surface area contributed by atoms with Crippen LogP contribution in [0, 0.1) is 0 Å². The van der Waals surface area contributed by atoms with Crippen LogP contribution >= 0.6 is 0 Å². The molecule has 0 fully saturated rings. The van der Waals surface area contributed by atoms with Crippen molar-refractivity contribution in [1.82, 2.24) is 15.0 Å². The fourth-order valence-electron chi connectivity index (χ4n) is 2.88. The van der Waals surface area contributed by atoms with Gasteiger partial charge in [0.25, 0.3) is 5.91 Å². The van der Waals surface area contributed by atoms with E-state index in [-0.39, 0.29) is 12.5 Å². The van der Waals surface area contributed by atoms with Crippen LogP contribution in [-0.4, -0.2) is 56.4 Å². The summed E-state index contributed by atoms with van der Waals surface area (Å²) in [6, 6.07) is 10.3. The SMILES string of the molecule is COc1ccc(C(=O)N(C)Cc2nc(-c3ccc(OC)c(OC)c3)no2)cc1OC. The monoisotopic (exact) mass is 413 g/mol. The van der Waals surface area contributed by atoms with Crippen LogP contribution in [0.1, 0.15) is 16.2 Å². The number of hydrogen-bond acceptors (Lipinski definition) is 8. The number of methoxy groups -OCH3 is 4. The van der Waals surface area contributed by atoms with Crippen LogP contribution in [0.15, 0.2) is 40.9 Å². The number of benzene rings is 2. The van der Waals surface area contributed by atoms with Crippen LogP contribution in [0.3, 0.4) is 0 Å². The first-order valence-electron chi connectivity index (χ1n) is 9.03. The fraction of sp³-hybridized carbons (Fsp3) is 0.286. The highest BCUT2D eigenvalue weighted by Crippen LogP contribution is 2.31. The molecule has 9 heteroatoms. The Morgan fingerprint density at radius 2 is 1.50 bits per heavy atom. The fourth-order valence-corrected chi connectivity index (χ4v) is 2.88. The van der Waals surface area contributed by atoms with Crippen molar-refractivity contribution in [3.05, 3.63) is 47.9 Å². The van der Waals surface area contributed by atoms with Gasteiger partial charge in [-0.25, -0.2) is 0 Å². The Hall–Kier alpha value is -3.75. The first-order chi connectivity index (χ1) is 14.5. The number of rotatable bonds is 8. The Kier molecular flexibility index (Phi) is 6.41. The van der Waals surface area contributed by atoms with Gasteiger partial charge in [-0.15, -0.1) is 0 Å². The zero-order chi connectivity index (χ0) is 21.7. The van der Waals surface area contributed by atoms with E-state index >= 15 is 0 Å². The largest absolute Gasteiger partial charge is 0.493 e. The first-order valence-corrected chi connectivity index (χ1v) is 9.03. The maximum Gasteiger partial charge on any atom is 0.254 e. The predicted molar refractivity (Wildman–Crippen MR) is 108 cm³/mol. The molecule has 0 radical (unpaired) electrons. The summed E-state index contributed by atoms with van der Waals surface area (Å²) in [6.45, 7) is 0.146. The molecule has 3 aromatic rings. The number of nitrogens with zero attached hydrogens (tertiary/aromatic N) is 3. The number of carbonyl (C=O) groups excluding carboxylic acids is 1. The molecule has 9 nitrogen and oxygen atoms in total. The Balaban J connectivity index is 1.75. The molecule has 30 heavy (non-hydrogen) atoms. The third-order valence-corrected chi connectivity index (χ3v) is 4.46. The summed E-state index contributed by atoms with van der Waals surface area (Å²) in [4.78, 5) is 18.6. The van der Waals surface area contributed by atoms with Crippen LogP contribution in [-0.2, 0) is 6.54 Å². The highest BCUT2D eigenvalue weighted by atomic mass is 16.5. The summed E-state index contributed by atoms with van der Waals surface area (Å²) in [5.41, 5.74) is 1.16. The molecule has 0 N–H and O–H groups in total. The quantitative estimate of drug-likeness (QED) is 0.556. The Morgan fingerprint density at radius 1 is 0.900 bits per heavy atom. The summed E-state index contributed by atoms with van der Waals surface area (Å²) in [5.74, 6) is 2.65. The van der Waals surface area contributed by atoms with E-state index in [4.69, 9.17) is 23.5 Å². The third kappa shape index (κ3) is 4.29. The van der Waals surface area contributed by atoms with Gasteiger partial charge in [0.15, 0.2) is 23.0 Å². The van der Waals surface area contributed by atoms with Crippen LogP contribution in [0.4, 0.5) is 0 Å².